The summed E-state index contributed by atoms with van der Waals surface area (Å²) in [6.07, 6.45) is 3.34. The molecule has 0 amide bonds. The third-order valence-corrected chi connectivity index (χ3v) is 1.90. The zero-order valence-electron chi connectivity index (χ0n) is 9.52. The molecule has 2 nitrogen and oxygen atoms in total. The highest BCUT2D eigenvalue weighted by Gasteiger charge is 2.11. The molecule has 0 saturated carbocycles. The van der Waals surface area contributed by atoms with E-state index in [1.807, 2.05) is 6.92 Å². The predicted octanol–water partition coefficient (Wildman–Crippen LogP) is 3.15. The zero-order valence-corrected chi connectivity index (χ0v) is 9.52. The predicted molar refractivity (Wildman–Crippen MR) is 54.5 cm³/mol. The van der Waals surface area contributed by atoms with E-state index in [9.17, 15) is 4.79 Å². The van der Waals surface area contributed by atoms with Gasteiger partial charge in [-0.2, -0.15) is 0 Å². The molecular weight excluding hydrogens is 164 g/mol. The third-order valence-electron chi connectivity index (χ3n) is 1.90. The van der Waals surface area contributed by atoms with Crippen LogP contribution in [-0.2, 0) is 9.53 Å². The third kappa shape index (κ3) is 9.38. The maximum Gasteiger partial charge on any atom is 0.302 e. The zero-order chi connectivity index (χ0) is 10.5. The van der Waals surface area contributed by atoms with E-state index in [0.29, 0.717) is 5.41 Å². The highest BCUT2D eigenvalue weighted by atomic mass is 16.5. The second kappa shape index (κ2) is 5.25. The van der Waals surface area contributed by atoms with Gasteiger partial charge in [0.25, 0.3) is 0 Å². The molecule has 78 valence electrons. The summed E-state index contributed by atoms with van der Waals surface area (Å²) in [5.74, 6) is -0.178. The lowest BCUT2D eigenvalue weighted by atomic mass is 9.89. The molecule has 1 unspecified atom stereocenters. The quantitative estimate of drug-likeness (QED) is 0.630. The maximum atomic E-state index is 10.6. The van der Waals surface area contributed by atoms with Gasteiger partial charge in [-0.15, -0.1) is 0 Å². The topological polar surface area (TPSA) is 26.3 Å². The number of ether oxygens (including phenoxy) is 1. The smallest absolute Gasteiger partial charge is 0.302 e. The van der Waals surface area contributed by atoms with Crippen molar-refractivity contribution in [3.05, 3.63) is 0 Å². The molecule has 1 atom stereocenters. The Kier molecular flexibility index (Phi) is 5.04. The highest BCUT2D eigenvalue weighted by Crippen LogP contribution is 2.22. The first kappa shape index (κ1) is 12.5. The monoisotopic (exact) mass is 186 g/mol. The highest BCUT2D eigenvalue weighted by molar-refractivity contribution is 5.66. The largest absolute Gasteiger partial charge is 0.463 e. The Morgan fingerprint density at radius 3 is 2.31 bits per heavy atom. The van der Waals surface area contributed by atoms with Crippen molar-refractivity contribution in [2.75, 3.05) is 0 Å². The number of carbonyl (C=O) groups is 1. The first-order valence-corrected chi connectivity index (χ1v) is 4.98. The van der Waals surface area contributed by atoms with Gasteiger partial charge in [0.15, 0.2) is 0 Å². The van der Waals surface area contributed by atoms with E-state index in [1.165, 1.54) is 13.3 Å². The van der Waals surface area contributed by atoms with E-state index in [0.717, 1.165) is 12.8 Å². The number of rotatable bonds is 4. The fourth-order valence-corrected chi connectivity index (χ4v) is 1.26. The minimum absolute atomic E-state index is 0.0693. The fourth-order valence-electron chi connectivity index (χ4n) is 1.26. The van der Waals surface area contributed by atoms with Gasteiger partial charge in [0.2, 0.25) is 0 Å². The summed E-state index contributed by atoms with van der Waals surface area (Å²) in [6, 6.07) is 0. The molecule has 0 aromatic carbocycles. The van der Waals surface area contributed by atoms with Crippen molar-refractivity contribution in [3.63, 3.8) is 0 Å². The Morgan fingerprint density at radius 2 is 1.92 bits per heavy atom. The van der Waals surface area contributed by atoms with Gasteiger partial charge in [-0.05, 0) is 31.6 Å². The van der Waals surface area contributed by atoms with Crippen molar-refractivity contribution in [1.82, 2.24) is 0 Å². The SMILES string of the molecule is CC(=O)OC(C)CCCC(C)(C)C. The van der Waals surface area contributed by atoms with Crippen LogP contribution in [0.3, 0.4) is 0 Å². The summed E-state index contributed by atoms with van der Waals surface area (Å²) in [5, 5.41) is 0. The summed E-state index contributed by atoms with van der Waals surface area (Å²) < 4.78 is 5.03. The molecule has 0 bridgehead atoms. The molecule has 0 saturated heterocycles. The van der Waals surface area contributed by atoms with Crippen LogP contribution in [0.1, 0.15) is 53.9 Å². The first-order chi connectivity index (χ1) is 5.81. The van der Waals surface area contributed by atoms with Crippen molar-refractivity contribution in [2.24, 2.45) is 5.41 Å². The summed E-state index contributed by atoms with van der Waals surface area (Å²) in [7, 11) is 0. The first-order valence-electron chi connectivity index (χ1n) is 4.98. The Labute approximate surface area is 81.7 Å². The van der Waals surface area contributed by atoms with Gasteiger partial charge in [-0.25, -0.2) is 0 Å². The molecule has 0 aromatic rings. The van der Waals surface area contributed by atoms with E-state index in [1.54, 1.807) is 0 Å². The van der Waals surface area contributed by atoms with Crippen molar-refractivity contribution in [1.29, 1.82) is 0 Å². The van der Waals surface area contributed by atoms with E-state index in [4.69, 9.17) is 4.74 Å². The lowest BCUT2D eigenvalue weighted by Crippen LogP contribution is -2.13. The summed E-state index contributed by atoms with van der Waals surface area (Å²) in [4.78, 5) is 10.6. The van der Waals surface area contributed by atoms with Gasteiger partial charge in [-0.3, -0.25) is 4.79 Å². The van der Waals surface area contributed by atoms with Crippen molar-refractivity contribution in [3.8, 4) is 0 Å². The van der Waals surface area contributed by atoms with Crippen LogP contribution in [0.2, 0.25) is 0 Å². The number of carbonyl (C=O) groups excluding carboxylic acids is 1. The van der Waals surface area contributed by atoms with E-state index in [-0.39, 0.29) is 12.1 Å². The summed E-state index contributed by atoms with van der Waals surface area (Å²) in [5.41, 5.74) is 0.385. The van der Waals surface area contributed by atoms with Crippen molar-refractivity contribution >= 4 is 5.97 Å². The Balaban J connectivity index is 3.48. The second-order valence-electron chi connectivity index (χ2n) is 4.87. The van der Waals surface area contributed by atoms with Gasteiger partial charge in [0, 0.05) is 6.92 Å². The lowest BCUT2D eigenvalue weighted by Gasteiger charge is -2.19. The van der Waals surface area contributed by atoms with Crippen LogP contribution in [0.5, 0.6) is 0 Å². The molecule has 0 spiro atoms. The van der Waals surface area contributed by atoms with Crippen LogP contribution in [0.25, 0.3) is 0 Å². The van der Waals surface area contributed by atoms with E-state index < -0.39 is 0 Å². The number of esters is 1. The normalized spacial score (nSPS) is 13.9. The van der Waals surface area contributed by atoms with Gasteiger partial charge in [-0.1, -0.05) is 20.8 Å². The van der Waals surface area contributed by atoms with Gasteiger partial charge < -0.3 is 4.74 Å². The van der Waals surface area contributed by atoms with Crippen LogP contribution in [-0.4, -0.2) is 12.1 Å². The number of hydrogen-bond donors (Lipinski definition) is 0. The molecule has 13 heavy (non-hydrogen) atoms. The lowest BCUT2D eigenvalue weighted by molar-refractivity contribution is -0.145. The van der Waals surface area contributed by atoms with Gasteiger partial charge in [0.05, 0.1) is 6.10 Å². The van der Waals surface area contributed by atoms with Crippen LogP contribution in [0, 0.1) is 5.41 Å². The molecule has 0 aliphatic heterocycles. The van der Waals surface area contributed by atoms with Crippen molar-refractivity contribution < 1.29 is 9.53 Å². The Hall–Kier alpha value is -0.530. The second-order valence-corrected chi connectivity index (χ2v) is 4.87. The van der Waals surface area contributed by atoms with E-state index in [2.05, 4.69) is 20.8 Å². The molecule has 2 heteroatoms. The molecule has 0 N–H and O–H groups in total. The molecule has 0 heterocycles. The van der Waals surface area contributed by atoms with Gasteiger partial charge >= 0.3 is 5.97 Å². The Morgan fingerprint density at radius 1 is 1.38 bits per heavy atom. The van der Waals surface area contributed by atoms with Gasteiger partial charge in [0.1, 0.15) is 0 Å². The average molecular weight is 186 g/mol. The maximum absolute atomic E-state index is 10.6. The number of hydrogen-bond acceptors (Lipinski definition) is 2. The minimum Gasteiger partial charge on any atom is -0.463 e. The standard InChI is InChI=1S/C11H22O2/c1-9(13-10(2)12)7-6-8-11(3,4)5/h9H,6-8H2,1-5H3. The molecule has 0 fully saturated rings. The molecule has 0 rings (SSSR count). The Bertz CT molecular complexity index is 156. The molecule has 0 radical (unpaired) electrons. The van der Waals surface area contributed by atoms with Crippen LogP contribution < -0.4 is 0 Å². The minimum atomic E-state index is -0.178. The van der Waals surface area contributed by atoms with E-state index >= 15 is 0 Å². The fraction of sp³-hybridized carbons (Fsp3) is 0.909. The molecule has 0 aromatic heterocycles. The van der Waals surface area contributed by atoms with Crippen LogP contribution in [0.15, 0.2) is 0 Å². The van der Waals surface area contributed by atoms with Crippen LogP contribution >= 0.6 is 0 Å². The molecular formula is C11H22O2. The van der Waals surface area contributed by atoms with Crippen molar-refractivity contribution in [2.45, 2.75) is 60.0 Å². The van der Waals surface area contributed by atoms with Crippen LogP contribution in [0.4, 0.5) is 0 Å². The summed E-state index contributed by atoms with van der Waals surface area (Å²) in [6.45, 7) is 10.1. The average Bonchev–Trinajstić information content (AvgIpc) is 1.81. The molecule has 0 aliphatic rings. The molecule has 0 aliphatic carbocycles. The summed E-state index contributed by atoms with van der Waals surface area (Å²) >= 11 is 0.